The standard InChI is InChI=1S/C30H22N3/c1-16-8-10-21-18(3)27-25(17(2)24(21)14-16)30-26-19(12-13-32(30)4)9-11-23-22-7-5-6-20(15-31)28(22)33(27)29(23)26/h5-14H,1-4H3/q+1. The van der Waals surface area contributed by atoms with Crippen molar-refractivity contribution in [3.05, 3.63) is 83.0 Å². The number of aromatic nitrogens is 2. The van der Waals surface area contributed by atoms with E-state index in [1.807, 2.05) is 12.1 Å². The third-order valence-electron chi connectivity index (χ3n) is 7.58. The summed E-state index contributed by atoms with van der Waals surface area (Å²) in [6.45, 7) is 6.64. The molecule has 0 saturated carbocycles. The molecular formula is C30H22N3+. The fourth-order valence-corrected chi connectivity index (χ4v) is 6.11. The molecule has 3 heterocycles. The maximum Gasteiger partial charge on any atom is 0.224 e. The van der Waals surface area contributed by atoms with Crippen LogP contribution in [-0.4, -0.2) is 4.40 Å². The first-order valence-electron chi connectivity index (χ1n) is 11.3. The first-order chi connectivity index (χ1) is 16.0. The minimum absolute atomic E-state index is 0.715. The summed E-state index contributed by atoms with van der Waals surface area (Å²) in [7, 11) is 2.14. The molecule has 3 aromatic heterocycles. The van der Waals surface area contributed by atoms with E-state index in [-0.39, 0.29) is 0 Å². The Morgan fingerprint density at radius 1 is 0.758 bits per heavy atom. The highest BCUT2D eigenvalue weighted by atomic mass is 15.0. The Bertz CT molecular complexity index is 2020. The van der Waals surface area contributed by atoms with Crippen LogP contribution in [0.15, 0.2) is 60.8 Å². The van der Waals surface area contributed by atoms with E-state index in [0.717, 1.165) is 10.9 Å². The lowest BCUT2D eigenvalue weighted by Crippen LogP contribution is -2.29. The van der Waals surface area contributed by atoms with Gasteiger partial charge in [-0.3, -0.25) is 0 Å². The normalized spacial score (nSPS) is 12.2. The maximum atomic E-state index is 10.1. The third kappa shape index (κ3) is 2.07. The quantitative estimate of drug-likeness (QED) is 0.150. The number of nitriles is 1. The molecular weight excluding hydrogens is 402 g/mol. The molecule has 0 saturated heterocycles. The lowest BCUT2D eigenvalue weighted by Gasteiger charge is -2.17. The Labute approximate surface area is 191 Å². The monoisotopic (exact) mass is 424 g/mol. The first-order valence-corrected chi connectivity index (χ1v) is 11.3. The van der Waals surface area contributed by atoms with Crippen LogP contribution in [0.3, 0.4) is 0 Å². The van der Waals surface area contributed by atoms with Crippen molar-refractivity contribution in [2.24, 2.45) is 7.05 Å². The van der Waals surface area contributed by atoms with Crippen molar-refractivity contribution < 1.29 is 4.57 Å². The van der Waals surface area contributed by atoms with Crippen LogP contribution in [0.25, 0.3) is 59.8 Å². The van der Waals surface area contributed by atoms with Crippen LogP contribution in [0.5, 0.6) is 0 Å². The Morgan fingerprint density at radius 2 is 1.55 bits per heavy atom. The zero-order valence-corrected chi connectivity index (χ0v) is 19.1. The molecule has 0 radical (unpaired) electrons. The Hall–Kier alpha value is -4.16. The van der Waals surface area contributed by atoms with E-state index >= 15 is 0 Å². The molecule has 4 aromatic carbocycles. The van der Waals surface area contributed by atoms with Crippen LogP contribution in [0.4, 0.5) is 0 Å². The van der Waals surface area contributed by atoms with Gasteiger partial charge < -0.3 is 4.40 Å². The number of rotatable bonds is 0. The van der Waals surface area contributed by atoms with Crippen molar-refractivity contribution in [1.29, 1.82) is 5.26 Å². The van der Waals surface area contributed by atoms with Crippen LogP contribution >= 0.6 is 0 Å². The van der Waals surface area contributed by atoms with Gasteiger partial charge >= 0.3 is 0 Å². The van der Waals surface area contributed by atoms with Crippen molar-refractivity contribution in [3.63, 3.8) is 0 Å². The van der Waals surface area contributed by atoms with Crippen LogP contribution in [0, 0.1) is 32.1 Å². The highest BCUT2D eigenvalue weighted by molar-refractivity contribution is 6.29. The summed E-state index contributed by atoms with van der Waals surface area (Å²) in [5, 5.41) is 18.7. The Balaban J connectivity index is 2.01. The molecule has 0 aliphatic rings. The second kappa shape index (κ2) is 5.99. The summed E-state index contributed by atoms with van der Waals surface area (Å²) >= 11 is 0. The second-order valence-corrected chi connectivity index (χ2v) is 9.37. The van der Waals surface area contributed by atoms with Gasteiger partial charge in [-0.25, -0.2) is 4.57 Å². The van der Waals surface area contributed by atoms with E-state index in [9.17, 15) is 5.26 Å². The van der Waals surface area contributed by atoms with Gasteiger partial charge in [-0.2, -0.15) is 5.26 Å². The number of pyridine rings is 2. The number of para-hydroxylation sites is 1. The fraction of sp³-hybridized carbons (Fsp3) is 0.133. The van der Waals surface area contributed by atoms with E-state index < -0.39 is 0 Å². The lowest BCUT2D eigenvalue weighted by molar-refractivity contribution is -0.643. The average Bonchev–Trinajstić information content (AvgIpc) is 3.17. The summed E-state index contributed by atoms with van der Waals surface area (Å²) in [6, 6.07) is 22.0. The predicted octanol–water partition coefficient (Wildman–Crippen LogP) is 6.76. The zero-order chi connectivity index (χ0) is 22.6. The first kappa shape index (κ1) is 18.4. The number of nitrogens with zero attached hydrogens (tertiary/aromatic N) is 3. The molecule has 0 bridgehead atoms. The smallest absolute Gasteiger partial charge is 0.224 e. The number of fused-ring (bicyclic) bond motifs is 7. The summed E-state index contributed by atoms with van der Waals surface area (Å²) < 4.78 is 4.65. The number of benzene rings is 4. The summed E-state index contributed by atoms with van der Waals surface area (Å²) in [5.41, 5.74) is 9.20. The van der Waals surface area contributed by atoms with Crippen molar-refractivity contribution in [1.82, 2.24) is 4.40 Å². The van der Waals surface area contributed by atoms with Gasteiger partial charge in [-0.1, -0.05) is 48.0 Å². The SMILES string of the molecule is Cc1ccc2c(C)c3c(c(C)c2c1)c1c2c(ccc4c5cccc(C#N)c5n3c42)cc[n+]1C. The van der Waals surface area contributed by atoms with Gasteiger partial charge in [0.2, 0.25) is 5.52 Å². The van der Waals surface area contributed by atoms with Crippen molar-refractivity contribution in [2.75, 3.05) is 0 Å². The third-order valence-corrected chi connectivity index (χ3v) is 7.58. The molecule has 0 aliphatic carbocycles. The zero-order valence-electron chi connectivity index (χ0n) is 19.1. The number of hydrogen-bond acceptors (Lipinski definition) is 1. The van der Waals surface area contributed by atoms with Gasteiger partial charge in [0.05, 0.1) is 32.9 Å². The topological polar surface area (TPSA) is 32.1 Å². The van der Waals surface area contributed by atoms with E-state index in [1.165, 1.54) is 65.6 Å². The molecule has 7 aromatic rings. The molecule has 0 amide bonds. The summed E-state index contributed by atoms with van der Waals surface area (Å²) in [6.07, 6.45) is 2.17. The van der Waals surface area contributed by atoms with Gasteiger partial charge in [-0.15, -0.1) is 0 Å². The highest BCUT2D eigenvalue weighted by Gasteiger charge is 2.26. The van der Waals surface area contributed by atoms with Gasteiger partial charge in [0.25, 0.3) is 0 Å². The van der Waals surface area contributed by atoms with Gasteiger partial charge in [0, 0.05) is 16.8 Å². The van der Waals surface area contributed by atoms with Crippen LogP contribution in [-0.2, 0) is 7.05 Å². The van der Waals surface area contributed by atoms with Crippen LogP contribution in [0.2, 0.25) is 0 Å². The summed E-state index contributed by atoms with van der Waals surface area (Å²) in [4.78, 5) is 0. The highest BCUT2D eigenvalue weighted by Crippen LogP contribution is 2.44. The van der Waals surface area contributed by atoms with Gasteiger partial charge in [0.15, 0.2) is 6.20 Å². The van der Waals surface area contributed by atoms with E-state index in [2.05, 4.69) is 91.5 Å². The molecule has 0 N–H and O–H groups in total. The van der Waals surface area contributed by atoms with Crippen LogP contribution in [0.1, 0.15) is 22.3 Å². The van der Waals surface area contributed by atoms with Crippen LogP contribution < -0.4 is 4.57 Å². The summed E-state index contributed by atoms with van der Waals surface area (Å²) in [5.74, 6) is 0. The van der Waals surface area contributed by atoms with Crippen molar-refractivity contribution in [3.8, 4) is 6.07 Å². The minimum Gasteiger partial charge on any atom is -0.306 e. The molecule has 3 heteroatoms. The molecule has 156 valence electrons. The lowest BCUT2D eigenvalue weighted by atomic mass is 9.92. The van der Waals surface area contributed by atoms with E-state index in [1.54, 1.807) is 0 Å². The molecule has 3 nitrogen and oxygen atoms in total. The predicted molar refractivity (Wildman–Crippen MR) is 136 cm³/mol. The van der Waals surface area contributed by atoms with Gasteiger partial charge in [0.1, 0.15) is 13.1 Å². The Morgan fingerprint density at radius 3 is 2.36 bits per heavy atom. The Kier molecular flexibility index (Phi) is 3.35. The number of aryl methyl sites for hydroxylation is 4. The molecule has 33 heavy (non-hydrogen) atoms. The molecule has 0 spiro atoms. The fourth-order valence-electron chi connectivity index (χ4n) is 6.11. The van der Waals surface area contributed by atoms with E-state index in [4.69, 9.17) is 0 Å². The molecule has 0 unspecified atom stereocenters. The average molecular weight is 425 g/mol. The van der Waals surface area contributed by atoms with Crippen molar-refractivity contribution in [2.45, 2.75) is 20.8 Å². The van der Waals surface area contributed by atoms with Gasteiger partial charge in [-0.05, 0) is 54.1 Å². The minimum atomic E-state index is 0.715. The molecule has 0 fully saturated rings. The van der Waals surface area contributed by atoms with Crippen molar-refractivity contribution >= 4 is 59.8 Å². The molecule has 0 atom stereocenters. The maximum absolute atomic E-state index is 10.1. The van der Waals surface area contributed by atoms with E-state index in [0.29, 0.717) is 5.56 Å². The molecule has 0 aliphatic heterocycles. The largest absolute Gasteiger partial charge is 0.306 e. The second-order valence-electron chi connectivity index (χ2n) is 9.37. The molecule has 7 rings (SSSR count). The number of hydrogen-bond donors (Lipinski definition) is 0.